The van der Waals surface area contributed by atoms with E-state index in [0.717, 1.165) is 5.56 Å². The van der Waals surface area contributed by atoms with Gasteiger partial charge in [-0.3, -0.25) is 4.79 Å². The van der Waals surface area contributed by atoms with Crippen molar-refractivity contribution in [1.82, 2.24) is 5.32 Å². The zero-order valence-corrected chi connectivity index (χ0v) is 13.1. The summed E-state index contributed by atoms with van der Waals surface area (Å²) < 4.78 is 5.08. The van der Waals surface area contributed by atoms with E-state index in [2.05, 4.69) is 5.32 Å². The Morgan fingerprint density at radius 3 is 2.65 bits per heavy atom. The van der Waals surface area contributed by atoms with E-state index < -0.39 is 11.6 Å². The minimum Gasteiger partial charge on any atom is -0.495 e. The van der Waals surface area contributed by atoms with E-state index in [1.54, 1.807) is 40.0 Å². The van der Waals surface area contributed by atoms with E-state index in [9.17, 15) is 9.90 Å². The Morgan fingerprint density at radius 1 is 1.50 bits per heavy atom. The summed E-state index contributed by atoms with van der Waals surface area (Å²) in [7, 11) is 1.56. The summed E-state index contributed by atoms with van der Waals surface area (Å²) in [5.41, 5.74) is 0.343. The lowest BCUT2D eigenvalue weighted by atomic mass is 9.98. The highest BCUT2D eigenvalue weighted by Gasteiger charge is 2.25. The van der Waals surface area contributed by atoms with Crippen molar-refractivity contribution < 1.29 is 14.6 Å². The number of nitrogens with one attached hydrogen (secondary N) is 1. The molecule has 0 aliphatic heterocycles. The van der Waals surface area contributed by atoms with E-state index in [4.69, 9.17) is 16.3 Å². The molecule has 0 bridgehead atoms. The van der Waals surface area contributed by atoms with Crippen molar-refractivity contribution >= 4 is 17.5 Å². The van der Waals surface area contributed by atoms with Crippen LogP contribution in [0.25, 0.3) is 0 Å². The molecule has 1 unspecified atom stereocenters. The third kappa shape index (κ3) is 4.69. The van der Waals surface area contributed by atoms with Gasteiger partial charge in [-0.1, -0.05) is 17.7 Å². The Morgan fingerprint density at radius 2 is 2.15 bits per heavy atom. The van der Waals surface area contributed by atoms with Gasteiger partial charge in [0, 0.05) is 6.42 Å². The summed E-state index contributed by atoms with van der Waals surface area (Å²) >= 11 is 6.03. The summed E-state index contributed by atoms with van der Waals surface area (Å²) in [5, 5.41) is 12.9. The van der Waals surface area contributed by atoms with Crippen molar-refractivity contribution in [3.05, 3.63) is 28.8 Å². The molecule has 0 aliphatic rings. The second-order valence-electron chi connectivity index (χ2n) is 5.41. The van der Waals surface area contributed by atoms with E-state index >= 15 is 0 Å². The maximum Gasteiger partial charge on any atom is 0.220 e. The average molecular weight is 300 g/mol. The first kappa shape index (κ1) is 16.8. The number of aryl methyl sites for hydroxylation is 1. The molecule has 112 valence electrons. The lowest BCUT2D eigenvalue weighted by molar-refractivity contribution is -0.123. The summed E-state index contributed by atoms with van der Waals surface area (Å²) in [6.07, 6.45) is 0.325. The molecule has 0 radical (unpaired) electrons. The fraction of sp³-hybridized carbons (Fsp3) is 0.533. The molecule has 1 rings (SSSR count). The number of rotatable bonds is 6. The molecule has 0 spiro atoms. The molecular formula is C15H22ClNO3. The molecular weight excluding hydrogens is 278 g/mol. The molecule has 1 amide bonds. The quantitative estimate of drug-likeness (QED) is 0.849. The van der Waals surface area contributed by atoms with Crippen molar-refractivity contribution in [3.8, 4) is 5.75 Å². The van der Waals surface area contributed by atoms with Gasteiger partial charge in [0.2, 0.25) is 5.91 Å². The Bertz CT molecular complexity index is 472. The Balaban J connectivity index is 2.55. The third-order valence-electron chi connectivity index (χ3n) is 3.36. The number of amides is 1. The molecule has 1 aromatic carbocycles. The molecule has 0 heterocycles. The van der Waals surface area contributed by atoms with Gasteiger partial charge < -0.3 is 15.2 Å². The highest BCUT2D eigenvalue weighted by molar-refractivity contribution is 6.32. The van der Waals surface area contributed by atoms with Crippen LogP contribution in [0.4, 0.5) is 0 Å². The summed E-state index contributed by atoms with van der Waals surface area (Å²) in [4.78, 5) is 11.9. The molecule has 0 aliphatic carbocycles. The SMILES string of the molecule is COc1ccc(CCC(=O)NC(C)(C)C(C)O)cc1Cl. The molecule has 0 saturated carbocycles. The molecule has 2 N–H and O–H groups in total. The fourth-order valence-corrected chi connectivity index (χ4v) is 1.93. The number of methoxy groups -OCH3 is 1. The maximum absolute atomic E-state index is 11.9. The molecule has 1 aromatic rings. The van der Waals surface area contributed by atoms with Crippen LogP contribution in [0.15, 0.2) is 18.2 Å². The average Bonchev–Trinajstić information content (AvgIpc) is 2.35. The fourth-order valence-electron chi connectivity index (χ4n) is 1.65. The number of benzene rings is 1. The molecule has 0 saturated heterocycles. The van der Waals surface area contributed by atoms with E-state index in [1.807, 2.05) is 6.07 Å². The van der Waals surface area contributed by atoms with E-state index in [-0.39, 0.29) is 5.91 Å². The molecule has 1 atom stereocenters. The molecule has 20 heavy (non-hydrogen) atoms. The first-order chi connectivity index (χ1) is 9.26. The van der Waals surface area contributed by atoms with Gasteiger partial charge >= 0.3 is 0 Å². The van der Waals surface area contributed by atoms with Gasteiger partial charge in [-0.25, -0.2) is 0 Å². The number of carbonyl (C=O) groups is 1. The highest BCUT2D eigenvalue weighted by atomic mass is 35.5. The van der Waals surface area contributed by atoms with Gasteiger partial charge in [0.15, 0.2) is 0 Å². The first-order valence-electron chi connectivity index (χ1n) is 6.57. The minimum atomic E-state index is -0.630. The summed E-state index contributed by atoms with van der Waals surface area (Å²) in [6, 6.07) is 5.47. The third-order valence-corrected chi connectivity index (χ3v) is 3.66. The van der Waals surface area contributed by atoms with Crippen LogP contribution in [0.3, 0.4) is 0 Å². The smallest absolute Gasteiger partial charge is 0.220 e. The summed E-state index contributed by atoms with van der Waals surface area (Å²) in [5.74, 6) is 0.526. The monoisotopic (exact) mass is 299 g/mol. The standard InChI is InChI=1S/C15H22ClNO3/c1-10(18)15(2,3)17-14(19)8-6-11-5-7-13(20-4)12(16)9-11/h5,7,9-10,18H,6,8H2,1-4H3,(H,17,19). The Hall–Kier alpha value is -1.26. The summed E-state index contributed by atoms with van der Waals surface area (Å²) in [6.45, 7) is 5.24. The van der Waals surface area contributed by atoms with E-state index in [0.29, 0.717) is 23.6 Å². The predicted molar refractivity (Wildman–Crippen MR) is 80.2 cm³/mol. The second kappa shape index (κ2) is 6.95. The zero-order chi connectivity index (χ0) is 15.3. The first-order valence-corrected chi connectivity index (χ1v) is 6.95. The molecule has 0 fully saturated rings. The van der Waals surface area contributed by atoms with Gasteiger partial charge in [0.1, 0.15) is 5.75 Å². The van der Waals surface area contributed by atoms with Crippen LogP contribution in [0.5, 0.6) is 5.75 Å². The van der Waals surface area contributed by atoms with Gasteiger partial charge in [-0.2, -0.15) is 0 Å². The number of halogens is 1. The van der Waals surface area contributed by atoms with Crippen molar-refractivity contribution in [3.63, 3.8) is 0 Å². The maximum atomic E-state index is 11.9. The van der Waals surface area contributed by atoms with Crippen LogP contribution in [-0.4, -0.2) is 29.8 Å². The zero-order valence-electron chi connectivity index (χ0n) is 12.4. The number of carbonyl (C=O) groups excluding carboxylic acids is 1. The van der Waals surface area contributed by atoms with Crippen LogP contribution < -0.4 is 10.1 Å². The number of aliphatic hydroxyl groups is 1. The number of ether oxygens (including phenoxy) is 1. The van der Waals surface area contributed by atoms with Gasteiger partial charge in [0.05, 0.1) is 23.8 Å². The Kier molecular flexibility index (Phi) is 5.84. The van der Waals surface area contributed by atoms with Gasteiger partial charge in [-0.05, 0) is 44.9 Å². The normalized spacial score (nSPS) is 12.9. The van der Waals surface area contributed by atoms with Gasteiger partial charge in [-0.15, -0.1) is 0 Å². The molecule has 0 aromatic heterocycles. The number of hydrogen-bond acceptors (Lipinski definition) is 3. The highest BCUT2D eigenvalue weighted by Crippen LogP contribution is 2.25. The van der Waals surface area contributed by atoms with Crippen LogP contribution in [-0.2, 0) is 11.2 Å². The number of hydrogen-bond donors (Lipinski definition) is 2. The van der Waals surface area contributed by atoms with Crippen molar-refractivity contribution in [1.29, 1.82) is 0 Å². The lowest BCUT2D eigenvalue weighted by Crippen LogP contribution is -2.51. The largest absolute Gasteiger partial charge is 0.495 e. The topological polar surface area (TPSA) is 58.6 Å². The number of aliphatic hydroxyl groups excluding tert-OH is 1. The molecule has 4 nitrogen and oxygen atoms in total. The van der Waals surface area contributed by atoms with Crippen LogP contribution >= 0.6 is 11.6 Å². The van der Waals surface area contributed by atoms with Crippen molar-refractivity contribution in [2.75, 3.05) is 7.11 Å². The molecule has 5 heteroatoms. The lowest BCUT2D eigenvalue weighted by Gasteiger charge is -2.29. The van der Waals surface area contributed by atoms with Crippen LogP contribution in [0, 0.1) is 0 Å². The second-order valence-corrected chi connectivity index (χ2v) is 5.82. The van der Waals surface area contributed by atoms with Crippen molar-refractivity contribution in [2.24, 2.45) is 0 Å². The predicted octanol–water partition coefficient (Wildman–Crippen LogP) is 2.56. The van der Waals surface area contributed by atoms with E-state index in [1.165, 1.54) is 0 Å². The minimum absolute atomic E-state index is 0.0946. The van der Waals surface area contributed by atoms with Gasteiger partial charge in [0.25, 0.3) is 0 Å². The van der Waals surface area contributed by atoms with Crippen LogP contribution in [0.2, 0.25) is 5.02 Å². The van der Waals surface area contributed by atoms with Crippen LogP contribution in [0.1, 0.15) is 32.8 Å². The van der Waals surface area contributed by atoms with Crippen molar-refractivity contribution in [2.45, 2.75) is 45.3 Å². The Labute approximate surface area is 125 Å².